The van der Waals surface area contributed by atoms with E-state index in [-0.39, 0.29) is 11.7 Å². The van der Waals surface area contributed by atoms with Gasteiger partial charge in [0.25, 0.3) is 0 Å². The van der Waals surface area contributed by atoms with Crippen LogP contribution in [0.5, 0.6) is 0 Å². The van der Waals surface area contributed by atoms with Gasteiger partial charge in [0, 0.05) is 19.0 Å². The molecule has 2 N–H and O–H groups in total. The van der Waals surface area contributed by atoms with Gasteiger partial charge >= 0.3 is 0 Å². The number of ether oxygens (including phenoxy) is 1. The van der Waals surface area contributed by atoms with Gasteiger partial charge in [0.15, 0.2) is 5.78 Å². The fourth-order valence-corrected chi connectivity index (χ4v) is 4.55. The van der Waals surface area contributed by atoms with Crippen molar-refractivity contribution in [2.24, 2.45) is 5.92 Å². The second-order valence-corrected chi connectivity index (χ2v) is 6.74. The molecule has 4 nitrogen and oxygen atoms in total. The minimum atomic E-state index is 0.230. The van der Waals surface area contributed by atoms with E-state index >= 15 is 0 Å². The molecule has 104 valence electrons. The summed E-state index contributed by atoms with van der Waals surface area (Å²) in [5.41, 5.74) is 6.89. The predicted octanol–water partition coefficient (Wildman–Crippen LogP) is 2.48. The summed E-state index contributed by atoms with van der Waals surface area (Å²) in [6.45, 7) is 3.25. The lowest BCUT2D eigenvalue weighted by molar-refractivity contribution is 0.0972. The maximum absolute atomic E-state index is 12.3. The first-order valence-electron chi connectivity index (χ1n) is 6.55. The molecule has 6 heteroatoms. The topological polar surface area (TPSA) is 55.6 Å². The number of carbonyl (C=O) groups excluding carboxylic acids is 1. The van der Waals surface area contributed by atoms with Crippen LogP contribution < -0.4 is 10.6 Å². The Labute approximate surface area is 121 Å². The van der Waals surface area contributed by atoms with Crippen LogP contribution >= 0.6 is 23.1 Å². The molecule has 0 bridgehead atoms. The van der Waals surface area contributed by atoms with E-state index in [0.717, 1.165) is 53.9 Å². The van der Waals surface area contributed by atoms with Crippen LogP contribution in [0.15, 0.2) is 4.90 Å². The Morgan fingerprint density at radius 3 is 2.68 bits per heavy atom. The lowest BCUT2D eigenvalue weighted by atomic mass is 10.2. The summed E-state index contributed by atoms with van der Waals surface area (Å²) in [5.74, 6) is 0.477. The normalized spacial score (nSPS) is 19.7. The van der Waals surface area contributed by atoms with Crippen molar-refractivity contribution in [3.05, 3.63) is 4.88 Å². The minimum absolute atomic E-state index is 0.230. The fraction of sp³-hybridized carbons (Fsp3) is 0.615. The Hall–Kier alpha value is -0.720. The second kappa shape index (κ2) is 5.34. The summed E-state index contributed by atoms with van der Waals surface area (Å²) in [6.07, 6.45) is 4.07. The highest BCUT2D eigenvalue weighted by Gasteiger charge is 2.34. The maximum atomic E-state index is 12.3. The largest absolute Gasteiger partial charge is 0.396 e. The molecule has 0 radical (unpaired) electrons. The van der Waals surface area contributed by atoms with Crippen LogP contribution in [0.3, 0.4) is 0 Å². The molecule has 1 saturated heterocycles. The van der Waals surface area contributed by atoms with Crippen LogP contribution in [-0.2, 0) is 4.74 Å². The first-order valence-corrected chi connectivity index (χ1v) is 8.59. The third-order valence-electron chi connectivity index (χ3n) is 3.56. The number of hydrogen-bond acceptors (Lipinski definition) is 6. The van der Waals surface area contributed by atoms with Crippen LogP contribution in [0, 0.1) is 5.92 Å². The van der Waals surface area contributed by atoms with E-state index in [2.05, 4.69) is 4.90 Å². The van der Waals surface area contributed by atoms with Gasteiger partial charge in [-0.05, 0) is 19.1 Å². The first kappa shape index (κ1) is 13.3. The van der Waals surface area contributed by atoms with Crippen molar-refractivity contribution in [1.82, 2.24) is 0 Å². The quantitative estimate of drug-likeness (QED) is 0.683. The zero-order valence-electron chi connectivity index (χ0n) is 11.0. The molecule has 2 heterocycles. The third kappa shape index (κ3) is 2.49. The zero-order valence-corrected chi connectivity index (χ0v) is 12.6. The Morgan fingerprint density at radius 1 is 1.42 bits per heavy atom. The number of thiophene rings is 1. The van der Waals surface area contributed by atoms with E-state index in [0.29, 0.717) is 5.69 Å². The summed E-state index contributed by atoms with van der Waals surface area (Å²) in [7, 11) is 0. The van der Waals surface area contributed by atoms with Gasteiger partial charge in [0.05, 0.1) is 28.7 Å². The maximum Gasteiger partial charge on any atom is 0.178 e. The number of thioether (sulfide) groups is 1. The van der Waals surface area contributed by atoms with Crippen molar-refractivity contribution < 1.29 is 9.53 Å². The molecule has 19 heavy (non-hydrogen) atoms. The van der Waals surface area contributed by atoms with E-state index in [4.69, 9.17) is 10.5 Å². The number of carbonyl (C=O) groups is 1. The van der Waals surface area contributed by atoms with E-state index in [9.17, 15) is 4.79 Å². The number of morpholine rings is 1. The fourth-order valence-electron chi connectivity index (χ4n) is 2.30. The number of hydrogen-bond donors (Lipinski definition) is 1. The van der Waals surface area contributed by atoms with Crippen molar-refractivity contribution >= 4 is 39.6 Å². The number of nitrogens with zero attached hydrogens (tertiary/aromatic N) is 1. The molecule has 1 aromatic heterocycles. The molecule has 0 atom stereocenters. The Kier molecular flexibility index (Phi) is 3.73. The number of nitrogen functional groups attached to an aromatic ring is 1. The summed E-state index contributed by atoms with van der Waals surface area (Å²) < 4.78 is 5.39. The average Bonchev–Trinajstić information content (AvgIpc) is 3.23. The molecular formula is C13H18N2O2S2. The highest BCUT2D eigenvalue weighted by atomic mass is 32.2. The van der Waals surface area contributed by atoms with Crippen LogP contribution in [0.1, 0.15) is 22.5 Å². The van der Waals surface area contributed by atoms with Gasteiger partial charge in [-0.25, -0.2) is 0 Å². The lowest BCUT2D eigenvalue weighted by Gasteiger charge is -2.28. The van der Waals surface area contributed by atoms with Crippen LogP contribution in [0.2, 0.25) is 0 Å². The standard InChI is InChI=1S/C13H18N2O2S2/c1-18-12-9(14)11(10(16)8-2-3-8)19-13(12)15-4-6-17-7-5-15/h8H,2-7,14H2,1H3. The van der Waals surface area contributed by atoms with Crippen LogP contribution in [-0.4, -0.2) is 38.3 Å². The molecule has 2 aliphatic rings. The van der Waals surface area contributed by atoms with Gasteiger partial charge in [-0.15, -0.1) is 23.1 Å². The SMILES string of the molecule is CSc1c(N2CCOCC2)sc(C(=O)C2CC2)c1N. The number of ketones is 1. The lowest BCUT2D eigenvalue weighted by Crippen LogP contribution is -2.35. The van der Waals surface area contributed by atoms with Crippen molar-refractivity contribution in [3.63, 3.8) is 0 Å². The molecule has 0 aromatic carbocycles. The van der Waals surface area contributed by atoms with E-state index in [1.807, 2.05) is 6.26 Å². The summed E-state index contributed by atoms with van der Waals surface area (Å²) in [6, 6.07) is 0. The molecule has 0 spiro atoms. The molecule has 2 fully saturated rings. The molecular weight excluding hydrogens is 280 g/mol. The highest BCUT2D eigenvalue weighted by Crippen LogP contribution is 2.46. The highest BCUT2D eigenvalue weighted by molar-refractivity contribution is 7.99. The Bertz CT molecular complexity index is 491. The minimum Gasteiger partial charge on any atom is -0.396 e. The van der Waals surface area contributed by atoms with Crippen LogP contribution in [0.25, 0.3) is 0 Å². The van der Waals surface area contributed by atoms with E-state index in [1.54, 1.807) is 23.1 Å². The zero-order chi connectivity index (χ0) is 13.4. The summed E-state index contributed by atoms with van der Waals surface area (Å²) >= 11 is 3.21. The summed E-state index contributed by atoms with van der Waals surface area (Å²) in [5, 5.41) is 1.15. The van der Waals surface area contributed by atoms with Gasteiger partial charge in [-0.2, -0.15) is 0 Å². The first-order chi connectivity index (χ1) is 9.22. The average molecular weight is 298 g/mol. The van der Waals surface area contributed by atoms with Gasteiger partial charge in [-0.3, -0.25) is 4.79 Å². The molecule has 1 aliphatic heterocycles. The smallest absolute Gasteiger partial charge is 0.178 e. The predicted molar refractivity (Wildman–Crippen MR) is 80.6 cm³/mol. The van der Waals surface area contributed by atoms with Gasteiger partial charge in [0.1, 0.15) is 5.00 Å². The number of Topliss-reactive ketones (excluding diaryl/α,β-unsaturated/α-hetero) is 1. The van der Waals surface area contributed by atoms with Gasteiger partial charge in [-0.1, -0.05) is 0 Å². The van der Waals surface area contributed by atoms with Crippen molar-refractivity contribution in [2.45, 2.75) is 17.7 Å². The molecule has 0 amide bonds. The second-order valence-electron chi connectivity index (χ2n) is 4.92. The van der Waals surface area contributed by atoms with Gasteiger partial charge < -0.3 is 15.4 Å². The van der Waals surface area contributed by atoms with Crippen molar-refractivity contribution in [1.29, 1.82) is 0 Å². The number of nitrogens with two attached hydrogens (primary N) is 1. The van der Waals surface area contributed by atoms with Crippen molar-refractivity contribution in [2.75, 3.05) is 43.2 Å². The molecule has 1 aromatic rings. The molecule has 1 aliphatic carbocycles. The monoisotopic (exact) mass is 298 g/mol. The molecule has 1 saturated carbocycles. The number of anilines is 2. The van der Waals surface area contributed by atoms with E-state index < -0.39 is 0 Å². The Morgan fingerprint density at radius 2 is 2.11 bits per heavy atom. The number of rotatable bonds is 4. The van der Waals surface area contributed by atoms with Crippen molar-refractivity contribution in [3.8, 4) is 0 Å². The third-order valence-corrected chi connectivity index (χ3v) is 5.79. The Balaban J connectivity index is 1.93. The summed E-state index contributed by atoms with van der Waals surface area (Å²) in [4.78, 5) is 16.4. The van der Waals surface area contributed by atoms with E-state index in [1.165, 1.54) is 0 Å². The van der Waals surface area contributed by atoms with Crippen LogP contribution in [0.4, 0.5) is 10.7 Å². The molecule has 0 unspecified atom stereocenters. The molecule has 3 rings (SSSR count). The van der Waals surface area contributed by atoms with Gasteiger partial charge in [0.2, 0.25) is 0 Å².